The van der Waals surface area contributed by atoms with E-state index in [9.17, 15) is 13.6 Å². The van der Waals surface area contributed by atoms with Crippen LogP contribution in [0, 0.1) is 11.6 Å². The molecular formula is C15H11F2N3O3S. The van der Waals surface area contributed by atoms with Gasteiger partial charge in [-0.1, -0.05) is 0 Å². The molecule has 0 unspecified atom stereocenters. The van der Waals surface area contributed by atoms with E-state index < -0.39 is 23.3 Å². The molecule has 4 N–H and O–H groups in total. The molecule has 0 saturated heterocycles. The summed E-state index contributed by atoms with van der Waals surface area (Å²) in [6.45, 7) is 0. The summed E-state index contributed by atoms with van der Waals surface area (Å²) in [5.74, 6) is -3.15. The van der Waals surface area contributed by atoms with Crippen LogP contribution in [-0.4, -0.2) is 18.0 Å². The van der Waals surface area contributed by atoms with Crippen molar-refractivity contribution in [3.63, 3.8) is 0 Å². The minimum Gasteiger partial charge on any atom is -0.497 e. The van der Waals surface area contributed by atoms with E-state index in [1.165, 1.54) is 19.4 Å². The molecule has 2 aromatic heterocycles. The van der Waals surface area contributed by atoms with E-state index in [1.54, 1.807) is 0 Å². The number of halogens is 2. The second kappa shape index (κ2) is 5.93. The standard InChI is InChI=1S/C15H11F2N3O3S/c1-22-6-4-7(16)12(8(17)5-6)23-9-2-3-20-15-10(9)11(18)13(24-15)14(19)21/h2-5H,18H2,1H3,(H2,19,21). The second-order valence-electron chi connectivity index (χ2n) is 4.72. The van der Waals surface area contributed by atoms with Crippen LogP contribution in [0.4, 0.5) is 14.5 Å². The SMILES string of the molecule is COc1cc(F)c(Oc2ccnc3sc(C(N)=O)c(N)c23)c(F)c1. The molecule has 1 aromatic carbocycles. The zero-order valence-corrected chi connectivity index (χ0v) is 13.1. The summed E-state index contributed by atoms with van der Waals surface area (Å²) in [5, 5.41) is 0.269. The number of nitrogens with zero attached hydrogens (tertiary/aromatic N) is 1. The number of ether oxygens (including phenoxy) is 2. The molecule has 0 spiro atoms. The average Bonchev–Trinajstić information content (AvgIpc) is 2.88. The van der Waals surface area contributed by atoms with E-state index in [0.717, 1.165) is 23.5 Å². The Labute approximate surface area is 138 Å². The topological polar surface area (TPSA) is 100 Å². The molecule has 0 fully saturated rings. The third kappa shape index (κ3) is 2.58. The summed E-state index contributed by atoms with van der Waals surface area (Å²) in [6, 6.07) is 3.37. The van der Waals surface area contributed by atoms with Gasteiger partial charge in [0.25, 0.3) is 5.91 Å². The predicted molar refractivity (Wildman–Crippen MR) is 85.5 cm³/mol. The smallest absolute Gasteiger partial charge is 0.260 e. The van der Waals surface area contributed by atoms with Crippen LogP contribution in [0.25, 0.3) is 10.2 Å². The van der Waals surface area contributed by atoms with Gasteiger partial charge >= 0.3 is 0 Å². The number of anilines is 1. The molecule has 0 bridgehead atoms. The van der Waals surface area contributed by atoms with Gasteiger partial charge in [-0.15, -0.1) is 11.3 Å². The summed E-state index contributed by atoms with van der Waals surface area (Å²) in [6.07, 6.45) is 1.37. The van der Waals surface area contributed by atoms with Crippen molar-refractivity contribution < 1.29 is 23.0 Å². The highest BCUT2D eigenvalue weighted by Crippen LogP contribution is 2.41. The van der Waals surface area contributed by atoms with Gasteiger partial charge in [0.05, 0.1) is 18.2 Å². The maximum absolute atomic E-state index is 14.1. The molecule has 2 heterocycles. The molecule has 3 rings (SSSR count). The Morgan fingerprint density at radius 2 is 1.96 bits per heavy atom. The summed E-state index contributed by atoms with van der Waals surface area (Å²) >= 11 is 0.973. The Bertz CT molecular complexity index is 936. The fraction of sp³-hybridized carbons (Fsp3) is 0.0667. The van der Waals surface area contributed by atoms with E-state index in [0.29, 0.717) is 4.83 Å². The van der Waals surface area contributed by atoms with Crippen molar-refractivity contribution in [1.29, 1.82) is 0 Å². The van der Waals surface area contributed by atoms with Crippen molar-refractivity contribution in [2.75, 3.05) is 12.8 Å². The maximum Gasteiger partial charge on any atom is 0.260 e. The van der Waals surface area contributed by atoms with Gasteiger partial charge in [0, 0.05) is 18.3 Å². The molecule has 0 aliphatic rings. The van der Waals surface area contributed by atoms with Crippen LogP contribution in [0.15, 0.2) is 24.4 Å². The third-order valence-electron chi connectivity index (χ3n) is 3.23. The lowest BCUT2D eigenvalue weighted by Crippen LogP contribution is -2.10. The Morgan fingerprint density at radius 3 is 2.54 bits per heavy atom. The maximum atomic E-state index is 14.1. The van der Waals surface area contributed by atoms with Crippen LogP contribution < -0.4 is 20.9 Å². The van der Waals surface area contributed by atoms with Crippen LogP contribution in [-0.2, 0) is 0 Å². The third-order valence-corrected chi connectivity index (χ3v) is 4.36. The lowest BCUT2D eigenvalue weighted by atomic mass is 10.2. The van der Waals surface area contributed by atoms with Crippen molar-refractivity contribution in [2.24, 2.45) is 5.73 Å². The van der Waals surface area contributed by atoms with Crippen molar-refractivity contribution >= 4 is 33.1 Å². The van der Waals surface area contributed by atoms with Crippen LogP contribution in [0.2, 0.25) is 0 Å². The Morgan fingerprint density at radius 1 is 1.29 bits per heavy atom. The van der Waals surface area contributed by atoms with Gasteiger partial charge in [-0.25, -0.2) is 13.8 Å². The summed E-state index contributed by atoms with van der Waals surface area (Å²) in [7, 11) is 1.29. The van der Waals surface area contributed by atoms with Crippen LogP contribution in [0.5, 0.6) is 17.2 Å². The first-order chi connectivity index (χ1) is 11.4. The molecule has 24 heavy (non-hydrogen) atoms. The van der Waals surface area contributed by atoms with E-state index in [4.69, 9.17) is 20.9 Å². The number of carbonyl (C=O) groups excluding carboxylic acids is 1. The predicted octanol–water partition coefficient (Wildman–Crippen LogP) is 3.06. The number of carbonyl (C=O) groups is 1. The number of benzene rings is 1. The number of amides is 1. The Balaban J connectivity index is 2.13. The number of aromatic nitrogens is 1. The van der Waals surface area contributed by atoms with Gasteiger partial charge in [0.15, 0.2) is 17.4 Å². The molecule has 1 amide bonds. The molecule has 9 heteroatoms. The number of methoxy groups -OCH3 is 1. The first-order valence-electron chi connectivity index (χ1n) is 6.60. The minimum atomic E-state index is -0.944. The number of thiophene rings is 1. The van der Waals surface area contributed by atoms with Crippen LogP contribution in [0.3, 0.4) is 0 Å². The van der Waals surface area contributed by atoms with Gasteiger partial charge in [-0.2, -0.15) is 0 Å². The molecule has 3 aromatic rings. The molecule has 0 saturated carbocycles. The van der Waals surface area contributed by atoms with E-state index in [-0.39, 0.29) is 27.4 Å². The van der Waals surface area contributed by atoms with E-state index in [1.807, 2.05) is 0 Å². The first-order valence-corrected chi connectivity index (χ1v) is 7.41. The largest absolute Gasteiger partial charge is 0.497 e. The highest BCUT2D eigenvalue weighted by Gasteiger charge is 2.21. The summed E-state index contributed by atoms with van der Waals surface area (Å²) in [4.78, 5) is 15.9. The molecule has 124 valence electrons. The average molecular weight is 351 g/mol. The highest BCUT2D eigenvalue weighted by molar-refractivity contribution is 7.21. The monoisotopic (exact) mass is 351 g/mol. The summed E-state index contributed by atoms with van der Waals surface area (Å²) in [5.41, 5.74) is 11.2. The van der Waals surface area contributed by atoms with E-state index >= 15 is 0 Å². The summed E-state index contributed by atoms with van der Waals surface area (Å²) < 4.78 is 38.2. The lowest BCUT2D eigenvalue weighted by Gasteiger charge is -2.10. The fourth-order valence-corrected chi connectivity index (χ4v) is 3.08. The van der Waals surface area contributed by atoms with Gasteiger partial charge in [-0.3, -0.25) is 4.79 Å². The Hall–Kier alpha value is -2.94. The van der Waals surface area contributed by atoms with Crippen molar-refractivity contribution in [1.82, 2.24) is 4.98 Å². The van der Waals surface area contributed by atoms with Gasteiger partial charge in [-0.05, 0) is 6.07 Å². The van der Waals surface area contributed by atoms with Gasteiger partial charge in [0.2, 0.25) is 0 Å². The van der Waals surface area contributed by atoms with Crippen molar-refractivity contribution in [3.8, 4) is 17.2 Å². The van der Waals surface area contributed by atoms with E-state index in [2.05, 4.69) is 4.98 Å². The van der Waals surface area contributed by atoms with Gasteiger partial charge < -0.3 is 20.9 Å². The number of fused-ring (bicyclic) bond motifs is 1. The first kappa shape index (κ1) is 15.9. The quantitative estimate of drug-likeness (QED) is 0.752. The van der Waals surface area contributed by atoms with Crippen LogP contribution >= 0.6 is 11.3 Å². The number of hydrogen-bond donors (Lipinski definition) is 2. The molecule has 0 aliphatic heterocycles. The van der Waals surface area contributed by atoms with Crippen molar-refractivity contribution in [2.45, 2.75) is 0 Å². The number of primary amides is 1. The zero-order valence-electron chi connectivity index (χ0n) is 12.3. The number of hydrogen-bond acceptors (Lipinski definition) is 6. The number of rotatable bonds is 4. The molecule has 0 atom stereocenters. The molecular weight excluding hydrogens is 340 g/mol. The zero-order chi connectivity index (χ0) is 17.4. The van der Waals surface area contributed by atoms with Gasteiger partial charge in [0.1, 0.15) is 21.2 Å². The second-order valence-corrected chi connectivity index (χ2v) is 5.72. The number of nitrogens with two attached hydrogens (primary N) is 2. The minimum absolute atomic E-state index is 0.0169. The molecule has 0 radical (unpaired) electrons. The Kier molecular flexibility index (Phi) is 3.94. The number of pyridine rings is 1. The van der Waals surface area contributed by atoms with Crippen LogP contribution in [0.1, 0.15) is 9.67 Å². The normalized spacial score (nSPS) is 10.8. The van der Waals surface area contributed by atoms with Crippen molar-refractivity contribution in [3.05, 3.63) is 40.9 Å². The number of nitrogen functional groups attached to an aromatic ring is 1. The highest BCUT2D eigenvalue weighted by atomic mass is 32.1. The fourth-order valence-electron chi connectivity index (χ4n) is 2.15. The lowest BCUT2D eigenvalue weighted by molar-refractivity contribution is 0.100. The molecule has 0 aliphatic carbocycles. The molecule has 6 nitrogen and oxygen atoms in total.